The highest BCUT2D eigenvalue weighted by atomic mass is 31.2. The van der Waals surface area contributed by atoms with Crippen LogP contribution in [0.15, 0.2) is 364 Å². The van der Waals surface area contributed by atoms with Crippen LogP contribution in [0.5, 0.6) is 0 Å². The van der Waals surface area contributed by atoms with Gasteiger partial charge in [0.25, 0.3) is 0 Å². The number of esters is 4. The molecule has 11 rings (SSSR count). The van der Waals surface area contributed by atoms with Crippen LogP contribution in [0.4, 0.5) is 0 Å². The topological polar surface area (TPSA) is 410 Å². The number of rotatable bonds is 45. The minimum absolute atomic E-state index is 0.0554. The number of nitrogens with one attached hydrogen (secondary N) is 5. The van der Waals surface area contributed by atoms with Crippen molar-refractivity contribution in [2.45, 2.75) is 155 Å². The molecule has 32 heteroatoms. The number of amides is 5. The highest BCUT2D eigenvalue weighted by Gasteiger charge is 2.43. The Kier molecular flexibility index (Phi) is 50.7. The van der Waals surface area contributed by atoms with Crippen LogP contribution in [0.1, 0.15) is 157 Å². The first-order valence-corrected chi connectivity index (χ1v) is 49.5. The average Bonchev–Trinajstić information content (AvgIpc) is 0.823. The lowest BCUT2D eigenvalue weighted by Gasteiger charge is -2.38. The fraction of sp³-hybridized carbons (Fsp3) is 0.288. The molecule has 758 valence electrons. The standard InChI is InChI=1S/C34H33NO4.C27H29NO3.C18H26NO7P.C17H22NO7P.C15H19NO4/c1-3-16-32(39-33(37)27-17-8-4-9-18-27)31(35-26(2)36)25-38-34(28-19-10-5-11-20-28,29-21-12-6-13-22-29)30-23-14-7-15-24-30;1-3-13-26(30)25(28-21(2)29)20-31-27(22-14-7-4-8-15-22,23-16-9-5-10-17-23)24-18-11-6-12-19-24;1-4-9-17(26-18(21)15-10-7-6-8-11-15)16(19-14(3)20)13-25-27(22,23)24-12-5-2;1-3-7-16(25-17(20)14-8-5-4-6-9-14)15(18-13(2)19)12-24-26(21)22-10-11-23-26;1-3-7-14(13(10-17)16-11(2)18)20-15(19)12-8-5-4-6-9-12/h3-24,31-32H,25H2,1-2H3,(H,35,36);3-19,25-26,30H,20H2,1-2H3,(H,28,29);4,6-11,16-17H,5,12-13H2,1-3H3,(H,19,20)(H,22,23);3-9,15-16H,10-12H2,1-2H3,(H,18,19);3-9,13-14,17H,10H2,1-2H3,(H,16,18)/b16-3+;13-3+;9-4+;2*7-3+/t31-,32+;25-,26+;16-,17+;15-,16+;13-,14+/m00000/s1. The van der Waals surface area contributed by atoms with Gasteiger partial charge in [-0.25, -0.2) is 28.3 Å². The van der Waals surface area contributed by atoms with Crippen LogP contribution in [-0.2, 0) is 95.3 Å². The van der Waals surface area contributed by atoms with Gasteiger partial charge in [-0.05, 0) is 147 Å². The maximum atomic E-state index is 13.0. The van der Waals surface area contributed by atoms with Crippen LogP contribution in [0.3, 0.4) is 0 Å². The minimum atomic E-state index is -4.27. The van der Waals surface area contributed by atoms with E-state index in [1.165, 1.54) is 34.6 Å². The SMILES string of the molecule is C/C=C/[C@@H](O)[C@H](COC(c1ccccc1)(c1ccccc1)c1ccccc1)NC(C)=O.C/C=C/[C@@H](OC(=O)c1ccccc1)[C@H](CO)NC(C)=O.C/C=C/[C@@H](OC(=O)c1ccccc1)[C@H](COC(c1ccccc1)(c1ccccc1)c1ccccc1)NC(C)=O.C/C=C/[C@@H](OC(=O)c1ccccc1)[C@H](COP(=O)(O)OCCC)NC(C)=O.C/C=C/[C@@H](OC(=O)c1ccccc1)[C@H](COP1(=O)OCCO1)NC(C)=O. The molecule has 10 aromatic rings. The van der Waals surface area contributed by atoms with Crippen molar-refractivity contribution in [2.24, 2.45) is 0 Å². The van der Waals surface area contributed by atoms with Gasteiger partial charge in [0.05, 0.1) is 111 Å². The summed E-state index contributed by atoms with van der Waals surface area (Å²) in [6.45, 7) is 17.2. The fourth-order valence-electron chi connectivity index (χ4n) is 14.6. The molecule has 5 amide bonds. The molecule has 0 bridgehead atoms. The van der Waals surface area contributed by atoms with Gasteiger partial charge in [0.2, 0.25) is 29.5 Å². The lowest BCUT2D eigenvalue weighted by atomic mass is 9.80. The number of hydrogen-bond donors (Lipinski definition) is 8. The van der Waals surface area contributed by atoms with Crippen LogP contribution < -0.4 is 26.6 Å². The summed E-state index contributed by atoms with van der Waals surface area (Å²) in [5.74, 6) is -3.65. The van der Waals surface area contributed by atoms with Gasteiger partial charge in [-0.2, -0.15) is 0 Å². The first-order valence-electron chi connectivity index (χ1n) is 46.5. The molecule has 1 aliphatic heterocycles. The van der Waals surface area contributed by atoms with Crippen molar-refractivity contribution in [3.63, 3.8) is 0 Å². The number of ether oxygens (including phenoxy) is 6. The van der Waals surface area contributed by atoms with Crippen LogP contribution in [0.2, 0.25) is 0 Å². The molecule has 0 radical (unpaired) electrons. The number of hydrogen-bond acceptors (Lipinski definition) is 24. The quantitative estimate of drug-likeness (QED) is 0.00578. The van der Waals surface area contributed by atoms with E-state index in [0.717, 1.165) is 33.4 Å². The number of benzene rings is 10. The van der Waals surface area contributed by atoms with Crippen LogP contribution in [0.25, 0.3) is 0 Å². The third-order valence-electron chi connectivity index (χ3n) is 21.0. The second-order valence-corrected chi connectivity index (χ2v) is 35.1. The molecule has 30 nitrogen and oxygen atoms in total. The molecule has 1 aliphatic rings. The summed E-state index contributed by atoms with van der Waals surface area (Å²) in [7, 11) is -7.91. The van der Waals surface area contributed by atoms with Crippen molar-refractivity contribution in [2.75, 3.05) is 52.9 Å². The summed E-state index contributed by atoms with van der Waals surface area (Å²) in [5, 5.41) is 33.4. The maximum absolute atomic E-state index is 13.0. The van der Waals surface area contributed by atoms with Crippen molar-refractivity contribution in [1.82, 2.24) is 26.6 Å². The summed E-state index contributed by atoms with van der Waals surface area (Å²) >= 11 is 0. The predicted octanol–water partition coefficient (Wildman–Crippen LogP) is 17.3. The third kappa shape index (κ3) is 38.9. The molecule has 1 fully saturated rings. The number of allylic oxidation sites excluding steroid dienone is 5. The molecule has 0 saturated carbocycles. The van der Waals surface area contributed by atoms with Crippen molar-refractivity contribution in [1.29, 1.82) is 0 Å². The van der Waals surface area contributed by atoms with E-state index in [0.29, 0.717) is 28.7 Å². The first kappa shape index (κ1) is 116. The van der Waals surface area contributed by atoms with Crippen molar-refractivity contribution in [3.05, 3.63) is 420 Å². The molecule has 0 aromatic heterocycles. The Hall–Kier alpha value is -13.8. The van der Waals surface area contributed by atoms with E-state index >= 15 is 0 Å². The molecule has 11 atom stereocenters. The van der Waals surface area contributed by atoms with Gasteiger partial charge in [-0.15, -0.1) is 0 Å². The van der Waals surface area contributed by atoms with E-state index in [1.54, 1.807) is 204 Å². The minimum Gasteiger partial charge on any atom is -0.452 e. The molecule has 143 heavy (non-hydrogen) atoms. The van der Waals surface area contributed by atoms with E-state index in [1.807, 2.05) is 202 Å². The molecule has 1 saturated heterocycles. The molecule has 1 unspecified atom stereocenters. The number of phosphoric ester groups is 2. The average molecular weight is 2000 g/mol. The van der Waals surface area contributed by atoms with Gasteiger partial charge in [-0.3, -0.25) is 46.6 Å². The van der Waals surface area contributed by atoms with E-state index in [4.69, 9.17) is 51.0 Å². The molecule has 0 spiro atoms. The van der Waals surface area contributed by atoms with E-state index in [9.17, 15) is 67.4 Å². The first-order chi connectivity index (χ1) is 68.9. The van der Waals surface area contributed by atoms with Gasteiger partial charge in [0.15, 0.2) is 0 Å². The van der Waals surface area contributed by atoms with Crippen LogP contribution >= 0.6 is 15.6 Å². The van der Waals surface area contributed by atoms with Gasteiger partial charge >= 0.3 is 39.5 Å². The lowest BCUT2D eigenvalue weighted by Crippen LogP contribution is -2.49. The van der Waals surface area contributed by atoms with Crippen molar-refractivity contribution >= 4 is 69.1 Å². The second kappa shape index (κ2) is 62.5. The van der Waals surface area contributed by atoms with Gasteiger partial charge in [-0.1, -0.05) is 298 Å². The lowest BCUT2D eigenvalue weighted by molar-refractivity contribution is -0.122. The second-order valence-electron chi connectivity index (χ2n) is 32.0. The Morgan fingerprint density at radius 1 is 0.350 bits per heavy atom. The van der Waals surface area contributed by atoms with Crippen molar-refractivity contribution < 1.29 is 118 Å². The largest absolute Gasteiger partial charge is 0.475 e. The monoisotopic (exact) mass is 1990 g/mol. The smallest absolute Gasteiger partial charge is 0.452 e. The zero-order valence-corrected chi connectivity index (χ0v) is 83.8. The summed E-state index contributed by atoms with van der Waals surface area (Å²) in [5.41, 5.74) is 5.39. The number of carbonyl (C=O) groups excluding carboxylic acids is 9. The van der Waals surface area contributed by atoms with Gasteiger partial charge in [0.1, 0.15) is 35.6 Å². The Morgan fingerprint density at radius 3 is 0.832 bits per heavy atom. The fourth-order valence-corrected chi connectivity index (χ4v) is 16.6. The van der Waals surface area contributed by atoms with Crippen molar-refractivity contribution in [3.8, 4) is 0 Å². The van der Waals surface area contributed by atoms with Crippen LogP contribution in [0, 0.1) is 0 Å². The summed E-state index contributed by atoms with van der Waals surface area (Å²) < 4.78 is 84.7. The van der Waals surface area contributed by atoms with E-state index in [2.05, 4.69) is 26.6 Å². The summed E-state index contributed by atoms with van der Waals surface area (Å²) in [4.78, 5) is 118. The van der Waals surface area contributed by atoms with E-state index < -0.39 is 117 Å². The number of phosphoric acid groups is 2. The molecule has 1 heterocycles. The number of carbonyl (C=O) groups is 9. The number of aliphatic hydroxyl groups excluding tert-OH is 2. The normalized spacial score (nSPS) is 14.7. The Morgan fingerprint density at radius 2 is 0.580 bits per heavy atom. The zero-order chi connectivity index (χ0) is 104. The summed E-state index contributed by atoms with van der Waals surface area (Å²) in [6, 6.07) is 90.7. The zero-order valence-electron chi connectivity index (χ0n) is 82.0. The maximum Gasteiger partial charge on any atom is 0.475 e. The molecular formula is C111H129N5O25P2. The third-order valence-corrected chi connectivity index (χ3v) is 23.4. The number of aliphatic hydroxyl groups is 2. The Labute approximate surface area is 836 Å². The predicted molar refractivity (Wildman–Crippen MR) is 546 cm³/mol. The van der Waals surface area contributed by atoms with Gasteiger partial charge < -0.3 is 70.1 Å². The Bertz CT molecular complexity index is 5560. The van der Waals surface area contributed by atoms with E-state index in [-0.39, 0.29) is 76.5 Å². The molecular weight excluding hydrogens is 1870 g/mol. The highest BCUT2D eigenvalue weighted by Crippen LogP contribution is 2.53. The molecule has 0 aliphatic carbocycles. The Balaban J connectivity index is 0.000000247. The highest BCUT2D eigenvalue weighted by molar-refractivity contribution is 7.48. The van der Waals surface area contributed by atoms with Gasteiger partial charge in [0, 0.05) is 34.6 Å². The molecule has 8 N–H and O–H groups in total. The molecule has 10 aromatic carbocycles. The van der Waals surface area contributed by atoms with Crippen LogP contribution in [-0.4, -0.2) is 182 Å². The summed E-state index contributed by atoms with van der Waals surface area (Å²) in [6.07, 6.45) is 13.3.